The number of aromatic nitrogens is 2. The third-order valence-electron chi connectivity index (χ3n) is 3.61. The fourth-order valence-corrected chi connectivity index (χ4v) is 2.20. The first-order chi connectivity index (χ1) is 8.99. The predicted molar refractivity (Wildman–Crippen MR) is 74.3 cm³/mol. The second-order valence-electron chi connectivity index (χ2n) is 4.93. The Morgan fingerprint density at radius 2 is 1.89 bits per heavy atom. The van der Waals surface area contributed by atoms with Crippen LogP contribution in [0.15, 0.2) is 24.3 Å². The normalized spacial score (nSPS) is 12.7. The minimum absolute atomic E-state index is 0.180. The summed E-state index contributed by atoms with van der Waals surface area (Å²) >= 11 is 0. The van der Waals surface area contributed by atoms with Crippen LogP contribution in [0.5, 0.6) is 0 Å². The number of hydrogen-bond donors (Lipinski definition) is 1. The molecule has 1 heterocycles. The molecule has 0 aliphatic heterocycles. The minimum atomic E-state index is -0.199. The molecular formula is C15H20FN3. The first-order valence-electron chi connectivity index (χ1n) is 6.47. The number of halogens is 1. The third-order valence-corrected chi connectivity index (χ3v) is 3.61. The van der Waals surface area contributed by atoms with Gasteiger partial charge in [0.25, 0.3) is 0 Å². The van der Waals surface area contributed by atoms with Gasteiger partial charge in [0.05, 0.1) is 5.69 Å². The molecule has 1 N–H and O–H groups in total. The van der Waals surface area contributed by atoms with E-state index in [1.54, 1.807) is 0 Å². The van der Waals surface area contributed by atoms with Gasteiger partial charge in [-0.2, -0.15) is 5.10 Å². The van der Waals surface area contributed by atoms with Crippen molar-refractivity contribution >= 4 is 0 Å². The second kappa shape index (κ2) is 5.53. The Bertz CT molecular complexity index is 558. The molecule has 0 radical (unpaired) electrons. The summed E-state index contributed by atoms with van der Waals surface area (Å²) in [6.45, 7) is 6.93. The van der Waals surface area contributed by atoms with Crippen molar-refractivity contribution in [3.05, 3.63) is 52.6 Å². The maximum absolute atomic E-state index is 12.9. The lowest BCUT2D eigenvalue weighted by molar-refractivity contribution is 0.568. The fourth-order valence-electron chi connectivity index (χ4n) is 2.20. The van der Waals surface area contributed by atoms with Crippen molar-refractivity contribution in [3.8, 4) is 0 Å². The van der Waals surface area contributed by atoms with E-state index in [-0.39, 0.29) is 11.9 Å². The molecule has 0 amide bonds. The van der Waals surface area contributed by atoms with Crippen LogP contribution in [0.2, 0.25) is 0 Å². The Morgan fingerprint density at radius 1 is 1.26 bits per heavy atom. The smallest absolute Gasteiger partial charge is 0.123 e. The standard InChI is InChI=1S/C15H20FN3/c1-10(13-5-7-14(16)8-6-13)17-9-15-11(2)18-19(4)12(15)3/h5-8,10,17H,9H2,1-4H3. The van der Waals surface area contributed by atoms with Crippen molar-refractivity contribution in [1.29, 1.82) is 0 Å². The van der Waals surface area contributed by atoms with Gasteiger partial charge in [-0.25, -0.2) is 4.39 Å². The van der Waals surface area contributed by atoms with Gasteiger partial charge in [-0.1, -0.05) is 12.1 Å². The van der Waals surface area contributed by atoms with Gasteiger partial charge in [0.1, 0.15) is 5.82 Å². The average Bonchev–Trinajstić information content (AvgIpc) is 2.62. The van der Waals surface area contributed by atoms with E-state index in [1.807, 2.05) is 30.8 Å². The molecule has 1 unspecified atom stereocenters. The van der Waals surface area contributed by atoms with Crippen molar-refractivity contribution in [2.75, 3.05) is 0 Å². The van der Waals surface area contributed by atoms with Crippen molar-refractivity contribution in [1.82, 2.24) is 15.1 Å². The summed E-state index contributed by atoms with van der Waals surface area (Å²) in [5.74, 6) is -0.199. The van der Waals surface area contributed by atoms with Crippen LogP contribution in [0, 0.1) is 19.7 Å². The Labute approximate surface area is 113 Å². The number of nitrogens with one attached hydrogen (secondary N) is 1. The molecule has 0 aliphatic rings. The largest absolute Gasteiger partial charge is 0.306 e. The zero-order valence-corrected chi connectivity index (χ0v) is 11.9. The summed E-state index contributed by atoms with van der Waals surface area (Å²) in [7, 11) is 1.95. The van der Waals surface area contributed by atoms with Crippen LogP contribution in [0.25, 0.3) is 0 Å². The summed E-state index contributed by atoms with van der Waals surface area (Å²) in [5.41, 5.74) is 4.55. The zero-order chi connectivity index (χ0) is 14.0. The van der Waals surface area contributed by atoms with E-state index in [9.17, 15) is 4.39 Å². The van der Waals surface area contributed by atoms with Crippen molar-refractivity contribution in [2.24, 2.45) is 7.05 Å². The van der Waals surface area contributed by atoms with Gasteiger partial charge in [-0.3, -0.25) is 4.68 Å². The van der Waals surface area contributed by atoms with Crippen LogP contribution in [0.4, 0.5) is 4.39 Å². The van der Waals surface area contributed by atoms with Crippen LogP contribution in [0.3, 0.4) is 0 Å². The topological polar surface area (TPSA) is 29.9 Å². The summed E-state index contributed by atoms with van der Waals surface area (Å²) < 4.78 is 14.8. The first-order valence-corrected chi connectivity index (χ1v) is 6.47. The lowest BCUT2D eigenvalue weighted by Gasteiger charge is -2.14. The van der Waals surface area contributed by atoms with Gasteiger partial charge in [0.15, 0.2) is 0 Å². The van der Waals surface area contributed by atoms with Gasteiger partial charge in [0.2, 0.25) is 0 Å². The molecule has 0 saturated heterocycles. The Kier molecular flexibility index (Phi) is 4.00. The molecule has 102 valence electrons. The van der Waals surface area contributed by atoms with Crippen LogP contribution >= 0.6 is 0 Å². The van der Waals surface area contributed by atoms with Crippen LogP contribution in [-0.4, -0.2) is 9.78 Å². The zero-order valence-electron chi connectivity index (χ0n) is 11.9. The van der Waals surface area contributed by atoms with Crippen LogP contribution < -0.4 is 5.32 Å². The molecule has 1 atom stereocenters. The summed E-state index contributed by atoms with van der Waals surface area (Å²) in [5, 5.41) is 7.85. The maximum Gasteiger partial charge on any atom is 0.123 e. The molecule has 0 aliphatic carbocycles. The molecule has 0 saturated carbocycles. The monoisotopic (exact) mass is 261 g/mol. The minimum Gasteiger partial charge on any atom is -0.306 e. The molecule has 3 nitrogen and oxygen atoms in total. The van der Waals surface area contributed by atoms with E-state index >= 15 is 0 Å². The number of benzene rings is 1. The highest BCUT2D eigenvalue weighted by Gasteiger charge is 2.11. The molecular weight excluding hydrogens is 241 g/mol. The van der Waals surface area contributed by atoms with Crippen molar-refractivity contribution < 1.29 is 4.39 Å². The average molecular weight is 261 g/mol. The van der Waals surface area contributed by atoms with Gasteiger partial charge in [-0.15, -0.1) is 0 Å². The van der Waals surface area contributed by atoms with E-state index in [2.05, 4.69) is 24.3 Å². The summed E-state index contributed by atoms with van der Waals surface area (Å²) in [6.07, 6.45) is 0. The maximum atomic E-state index is 12.9. The van der Waals surface area contributed by atoms with Crippen LogP contribution in [0.1, 0.15) is 35.5 Å². The van der Waals surface area contributed by atoms with Crippen molar-refractivity contribution in [3.63, 3.8) is 0 Å². The Morgan fingerprint density at radius 3 is 2.42 bits per heavy atom. The van der Waals surface area contributed by atoms with E-state index in [0.717, 1.165) is 17.8 Å². The molecule has 0 bridgehead atoms. The second-order valence-corrected chi connectivity index (χ2v) is 4.93. The van der Waals surface area contributed by atoms with Gasteiger partial charge < -0.3 is 5.32 Å². The first kappa shape index (κ1) is 13.7. The van der Waals surface area contributed by atoms with Gasteiger partial charge in [-0.05, 0) is 38.5 Å². The summed E-state index contributed by atoms with van der Waals surface area (Å²) in [6, 6.07) is 6.80. The number of aryl methyl sites for hydroxylation is 2. The highest BCUT2D eigenvalue weighted by molar-refractivity contribution is 5.25. The van der Waals surface area contributed by atoms with E-state index in [4.69, 9.17) is 0 Å². The van der Waals surface area contributed by atoms with Crippen molar-refractivity contribution in [2.45, 2.75) is 33.4 Å². The number of nitrogens with zero attached hydrogens (tertiary/aromatic N) is 2. The number of hydrogen-bond acceptors (Lipinski definition) is 2. The molecule has 2 rings (SSSR count). The third kappa shape index (κ3) is 3.01. The summed E-state index contributed by atoms with van der Waals surface area (Å²) in [4.78, 5) is 0. The van der Waals surface area contributed by atoms with Gasteiger partial charge in [0, 0.05) is 30.9 Å². The Hall–Kier alpha value is -1.68. The lowest BCUT2D eigenvalue weighted by Crippen LogP contribution is -2.18. The quantitative estimate of drug-likeness (QED) is 0.916. The van der Waals surface area contributed by atoms with Gasteiger partial charge >= 0.3 is 0 Å². The highest BCUT2D eigenvalue weighted by atomic mass is 19.1. The lowest BCUT2D eigenvalue weighted by atomic mass is 10.1. The highest BCUT2D eigenvalue weighted by Crippen LogP contribution is 2.16. The predicted octanol–water partition coefficient (Wildman–Crippen LogP) is 3.03. The molecule has 0 spiro atoms. The molecule has 19 heavy (non-hydrogen) atoms. The molecule has 1 aromatic heterocycles. The fraction of sp³-hybridized carbons (Fsp3) is 0.400. The SMILES string of the molecule is Cc1nn(C)c(C)c1CNC(C)c1ccc(F)cc1. The Balaban J connectivity index is 2.04. The molecule has 2 aromatic rings. The number of rotatable bonds is 4. The molecule has 1 aromatic carbocycles. The van der Waals surface area contributed by atoms with Crippen LogP contribution in [-0.2, 0) is 13.6 Å². The van der Waals surface area contributed by atoms with E-state index in [1.165, 1.54) is 23.4 Å². The molecule has 0 fully saturated rings. The molecule has 4 heteroatoms. The van der Waals surface area contributed by atoms with E-state index < -0.39 is 0 Å². The van der Waals surface area contributed by atoms with E-state index in [0.29, 0.717) is 0 Å².